The van der Waals surface area contributed by atoms with Crippen molar-refractivity contribution in [1.82, 2.24) is 0 Å². The molecule has 7 heteroatoms. The number of hydrogen-bond acceptors (Lipinski definition) is 5. The summed E-state index contributed by atoms with van der Waals surface area (Å²) in [7, 11) is 0. The van der Waals surface area contributed by atoms with E-state index in [0.717, 1.165) is 6.07 Å². The average Bonchev–Trinajstić information content (AvgIpc) is 2.27. The molecule has 0 heterocycles. The van der Waals surface area contributed by atoms with Gasteiger partial charge >= 0.3 is 5.97 Å². The number of rotatable bonds is 5. The minimum absolute atomic E-state index is 0.392. The highest BCUT2D eigenvalue weighted by atomic mass is 16.6. The monoisotopic (exact) mass is 268 g/mol. The van der Waals surface area contributed by atoms with Crippen molar-refractivity contribution in [2.45, 2.75) is 32.4 Å². The first-order valence-electron chi connectivity index (χ1n) is 5.63. The molecule has 0 saturated heterocycles. The molecule has 19 heavy (non-hydrogen) atoms. The molecule has 0 radical (unpaired) electrons. The second-order valence-corrected chi connectivity index (χ2v) is 4.82. The fourth-order valence-electron chi connectivity index (χ4n) is 1.42. The molecule has 0 fully saturated rings. The summed E-state index contributed by atoms with van der Waals surface area (Å²) in [6, 6.07) is 3.73. The van der Waals surface area contributed by atoms with Crippen molar-refractivity contribution in [1.29, 1.82) is 0 Å². The second-order valence-electron chi connectivity index (χ2n) is 4.82. The molecule has 1 atom stereocenters. The van der Waals surface area contributed by atoms with Gasteiger partial charge in [0.05, 0.1) is 16.6 Å². The average molecular weight is 268 g/mol. The molecule has 0 bridgehead atoms. The Bertz CT molecular complexity index is 511. The van der Waals surface area contributed by atoms with Crippen LogP contribution in [-0.2, 0) is 0 Å². The number of nitrogens with zero attached hydrogens (tertiary/aromatic N) is 1. The summed E-state index contributed by atoms with van der Waals surface area (Å²) >= 11 is 0. The smallest absolute Gasteiger partial charge is 0.342 e. The normalized spacial score (nSPS) is 12.8. The number of benzene rings is 1. The molecule has 0 aliphatic carbocycles. The van der Waals surface area contributed by atoms with E-state index in [9.17, 15) is 20.0 Å². The summed E-state index contributed by atoms with van der Waals surface area (Å²) in [4.78, 5) is 21.0. The molecule has 104 valence electrons. The van der Waals surface area contributed by atoms with Crippen molar-refractivity contribution in [2.24, 2.45) is 0 Å². The van der Waals surface area contributed by atoms with Crippen LogP contribution in [0.15, 0.2) is 18.2 Å². The minimum Gasteiger partial charge on any atom is -0.477 e. The van der Waals surface area contributed by atoms with E-state index in [2.05, 4.69) is 5.32 Å². The number of carboxylic acid groups (broad SMARTS) is 1. The Morgan fingerprint density at radius 3 is 2.47 bits per heavy atom. The fourth-order valence-corrected chi connectivity index (χ4v) is 1.42. The number of nitrogens with one attached hydrogen (secondary N) is 1. The molecule has 0 saturated carbocycles. The lowest BCUT2D eigenvalue weighted by Crippen LogP contribution is -2.41. The molecule has 1 rings (SSSR count). The summed E-state index contributed by atoms with van der Waals surface area (Å²) in [6.45, 7) is 5.07. The van der Waals surface area contributed by atoms with Crippen LogP contribution in [0.3, 0.4) is 0 Å². The Kier molecular flexibility index (Phi) is 4.10. The van der Waals surface area contributed by atoms with Crippen LogP contribution in [0.1, 0.15) is 31.1 Å². The second kappa shape index (κ2) is 5.23. The number of aromatic carboxylic acids is 1. The van der Waals surface area contributed by atoms with Crippen molar-refractivity contribution >= 4 is 17.3 Å². The van der Waals surface area contributed by atoms with Crippen molar-refractivity contribution < 1.29 is 19.9 Å². The Balaban J connectivity index is 3.16. The van der Waals surface area contributed by atoms with Crippen LogP contribution >= 0.6 is 0 Å². The summed E-state index contributed by atoms with van der Waals surface area (Å²) in [5, 5.41) is 32.2. The van der Waals surface area contributed by atoms with E-state index >= 15 is 0 Å². The summed E-state index contributed by atoms with van der Waals surface area (Å²) in [5.74, 6) is -1.37. The highest BCUT2D eigenvalue weighted by Gasteiger charge is 2.26. The topological polar surface area (TPSA) is 113 Å². The van der Waals surface area contributed by atoms with Gasteiger partial charge in [-0.25, -0.2) is 4.79 Å². The predicted molar refractivity (Wildman–Crippen MR) is 69.4 cm³/mol. The lowest BCUT2D eigenvalue weighted by molar-refractivity contribution is -0.385. The van der Waals surface area contributed by atoms with E-state index in [1.165, 1.54) is 12.1 Å². The number of aliphatic hydroxyl groups is 1. The maximum atomic E-state index is 11.0. The Hall–Kier alpha value is -2.15. The number of carbonyl (C=O) groups is 1. The quantitative estimate of drug-likeness (QED) is 0.555. The van der Waals surface area contributed by atoms with Crippen LogP contribution < -0.4 is 5.32 Å². The first-order valence-corrected chi connectivity index (χ1v) is 5.63. The number of nitro benzene ring substituents is 1. The van der Waals surface area contributed by atoms with Gasteiger partial charge in [-0.3, -0.25) is 10.1 Å². The molecular formula is C12H16N2O5. The van der Waals surface area contributed by atoms with Gasteiger partial charge in [0.2, 0.25) is 0 Å². The van der Waals surface area contributed by atoms with E-state index in [-0.39, 0.29) is 0 Å². The maximum absolute atomic E-state index is 11.0. The van der Waals surface area contributed by atoms with Crippen molar-refractivity contribution in [3.05, 3.63) is 33.9 Å². The molecule has 0 aliphatic rings. The van der Waals surface area contributed by atoms with Gasteiger partial charge in [0.1, 0.15) is 5.56 Å². The minimum atomic E-state index is -1.37. The molecule has 7 nitrogen and oxygen atoms in total. The zero-order chi connectivity index (χ0) is 14.8. The number of anilines is 1. The van der Waals surface area contributed by atoms with Crippen LogP contribution in [0, 0.1) is 10.1 Å². The van der Waals surface area contributed by atoms with Crippen LogP contribution in [0.4, 0.5) is 11.4 Å². The third kappa shape index (κ3) is 3.41. The lowest BCUT2D eigenvalue weighted by Gasteiger charge is -2.30. The predicted octanol–water partition coefficient (Wildman–Crippen LogP) is 1.86. The zero-order valence-corrected chi connectivity index (χ0v) is 10.9. The van der Waals surface area contributed by atoms with Gasteiger partial charge < -0.3 is 15.5 Å². The number of carboxylic acids is 1. The van der Waals surface area contributed by atoms with Gasteiger partial charge in [-0.15, -0.1) is 0 Å². The van der Waals surface area contributed by atoms with Crippen molar-refractivity contribution in [3.63, 3.8) is 0 Å². The maximum Gasteiger partial charge on any atom is 0.342 e. The van der Waals surface area contributed by atoms with E-state index < -0.39 is 33.8 Å². The highest BCUT2D eigenvalue weighted by Crippen LogP contribution is 2.25. The Morgan fingerprint density at radius 1 is 1.47 bits per heavy atom. The molecule has 1 unspecified atom stereocenters. The van der Waals surface area contributed by atoms with Gasteiger partial charge in [-0.05, 0) is 32.9 Å². The standard InChI is InChI=1S/C12H16N2O5/c1-7(15)12(2,3)13-8-4-5-10(14(18)19)9(6-8)11(16)17/h4-7,13,15H,1-3H3,(H,16,17). The van der Waals surface area contributed by atoms with Crippen LogP contribution in [0.2, 0.25) is 0 Å². The number of aliphatic hydroxyl groups excluding tert-OH is 1. The van der Waals surface area contributed by atoms with Crippen molar-refractivity contribution in [2.75, 3.05) is 5.32 Å². The van der Waals surface area contributed by atoms with E-state index in [4.69, 9.17) is 5.11 Å². The Labute approximate surface area is 110 Å². The zero-order valence-electron chi connectivity index (χ0n) is 10.9. The summed E-state index contributed by atoms with van der Waals surface area (Å²) < 4.78 is 0. The first kappa shape index (κ1) is 14.9. The van der Waals surface area contributed by atoms with Gasteiger partial charge in [0.25, 0.3) is 5.69 Å². The molecular weight excluding hydrogens is 252 g/mol. The Morgan fingerprint density at radius 2 is 2.05 bits per heavy atom. The van der Waals surface area contributed by atoms with Crippen LogP contribution in [0.25, 0.3) is 0 Å². The lowest BCUT2D eigenvalue weighted by atomic mass is 9.98. The van der Waals surface area contributed by atoms with E-state index in [1.807, 2.05) is 0 Å². The molecule has 1 aromatic rings. The molecule has 0 aliphatic heterocycles. The molecule has 0 amide bonds. The SMILES string of the molecule is CC(O)C(C)(C)Nc1ccc([N+](=O)[O-])c(C(=O)O)c1. The van der Waals surface area contributed by atoms with Crippen molar-refractivity contribution in [3.8, 4) is 0 Å². The van der Waals surface area contributed by atoms with Crippen LogP contribution in [-0.4, -0.2) is 32.7 Å². The molecule has 3 N–H and O–H groups in total. The molecule has 0 aromatic heterocycles. The van der Waals surface area contributed by atoms with Gasteiger partial charge in [-0.2, -0.15) is 0 Å². The largest absolute Gasteiger partial charge is 0.477 e. The number of hydrogen-bond donors (Lipinski definition) is 3. The van der Waals surface area contributed by atoms with Crippen LogP contribution in [0.5, 0.6) is 0 Å². The summed E-state index contributed by atoms with van der Waals surface area (Å²) in [6.07, 6.45) is -0.684. The van der Waals surface area contributed by atoms with E-state index in [0.29, 0.717) is 5.69 Å². The highest BCUT2D eigenvalue weighted by molar-refractivity contribution is 5.93. The molecule has 1 aromatic carbocycles. The third-order valence-corrected chi connectivity index (χ3v) is 2.93. The van der Waals surface area contributed by atoms with Gasteiger partial charge in [0.15, 0.2) is 0 Å². The molecule has 0 spiro atoms. The first-order chi connectivity index (χ1) is 8.65. The van der Waals surface area contributed by atoms with E-state index in [1.54, 1.807) is 20.8 Å². The number of nitro groups is 1. The summed E-state index contributed by atoms with van der Waals surface area (Å²) in [5.41, 5.74) is -1.15. The van der Waals surface area contributed by atoms with Gasteiger partial charge in [0, 0.05) is 11.8 Å². The third-order valence-electron chi connectivity index (χ3n) is 2.93. The van der Waals surface area contributed by atoms with Gasteiger partial charge in [-0.1, -0.05) is 0 Å². The fraction of sp³-hybridized carbons (Fsp3) is 0.417.